The van der Waals surface area contributed by atoms with Gasteiger partial charge in [0.15, 0.2) is 3.95 Å². The van der Waals surface area contributed by atoms with E-state index in [4.69, 9.17) is 12.2 Å². The lowest BCUT2D eigenvalue weighted by molar-refractivity contribution is 0.483. The van der Waals surface area contributed by atoms with Gasteiger partial charge >= 0.3 is 0 Å². The minimum atomic E-state index is 0.457. The van der Waals surface area contributed by atoms with Crippen LogP contribution in [-0.2, 0) is 0 Å². The molecule has 1 heterocycles. The van der Waals surface area contributed by atoms with Gasteiger partial charge in [0.25, 0.3) is 0 Å². The molecule has 1 aromatic rings. The van der Waals surface area contributed by atoms with E-state index in [9.17, 15) is 0 Å². The maximum Gasteiger partial charge on any atom is 0.204 e. The van der Waals surface area contributed by atoms with Gasteiger partial charge in [-0.3, -0.25) is 5.10 Å². The fourth-order valence-electron chi connectivity index (χ4n) is 1.33. The minimum absolute atomic E-state index is 0.457. The van der Waals surface area contributed by atoms with Gasteiger partial charge in [0, 0.05) is 6.04 Å². The normalized spacial score (nSPS) is 15.1. The van der Waals surface area contributed by atoms with Crippen molar-refractivity contribution in [1.29, 1.82) is 0 Å². The van der Waals surface area contributed by atoms with E-state index in [1.54, 1.807) is 0 Å². The molecule has 0 amide bonds. The van der Waals surface area contributed by atoms with Gasteiger partial charge in [0.1, 0.15) is 0 Å². The summed E-state index contributed by atoms with van der Waals surface area (Å²) in [5.41, 5.74) is 0. The van der Waals surface area contributed by atoms with E-state index in [0.29, 0.717) is 6.04 Å². The Bertz CT molecular complexity index is 318. The lowest BCUT2D eigenvalue weighted by Gasteiger charge is -2.16. The molecule has 0 fully saturated rings. The smallest absolute Gasteiger partial charge is 0.204 e. The van der Waals surface area contributed by atoms with Crippen LogP contribution in [0.3, 0.4) is 0 Å². The first-order valence-corrected chi connectivity index (χ1v) is 6.16. The Hall–Kier alpha value is -0.420. The molecule has 1 rings (SSSR count). The molecule has 0 bridgehead atoms. The molecule has 2 unspecified atom stereocenters. The molecule has 80 valence electrons. The molecule has 3 nitrogen and oxygen atoms in total. The third kappa shape index (κ3) is 3.75. The second kappa shape index (κ2) is 5.46. The standard InChI is InChI=1S/C9H17N3S2/c1-4-6(2)5-7(3)10-8-11-12-9(13)14-8/h6-7H,4-5H2,1-3H3,(H,10,11)(H,12,13). The summed E-state index contributed by atoms with van der Waals surface area (Å²) in [6.45, 7) is 6.66. The van der Waals surface area contributed by atoms with E-state index in [1.165, 1.54) is 24.2 Å². The second-order valence-electron chi connectivity index (χ2n) is 3.71. The van der Waals surface area contributed by atoms with Gasteiger partial charge < -0.3 is 5.32 Å². The number of aromatic amines is 1. The summed E-state index contributed by atoms with van der Waals surface area (Å²) in [5, 5.41) is 11.1. The molecule has 0 radical (unpaired) electrons. The van der Waals surface area contributed by atoms with Crippen LogP contribution >= 0.6 is 23.6 Å². The van der Waals surface area contributed by atoms with Gasteiger partial charge in [-0.15, -0.1) is 5.10 Å². The number of hydrogen-bond donors (Lipinski definition) is 2. The molecular formula is C9H17N3S2. The number of hydrogen-bond acceptors (Lipinski definition) is 4. The summed E-state index contributed by atoms with van der Waals surface area (Å²) in [5.74, 6) is 0.754. The summed E-state index contributed by atoms with van der Waals surface area (Å²) >= 11 is 6.44. The molecule has 0 saturated heterocycles. The van der Waals surface area contributed by atoms with Crippen LogP contribution in [0.15, 0.2) is 0 Å². The summed E-state index contributed by atoms with van der Waals surface area (Å²) in [6.07, 6.45) is 2.39. The van der Waals surface area contributed by atoms with Gasteiger partial charge in [0.05, 0.1) is 0 Å². The zero-order valence-corrected chi connectivity index (χ0v) is 10.5. The Balaban J connectivity index is 2.41. The highest BCUT2D eigenvalue weighted by Crippen LogP contribution is 2.16. The highest BCUT2D eigenvalue weighted by molar-refractivity contribution is 7.73. The molecule has 14 heavy (non-hydrogen) atoms. The Labute approximate surface area is 93.9 Å². The SMILES string of the molecule is CCC(C)CC(C)Nc1n[nH]c(=S)s1. The van der Waals surface area contributed by atoms with E-state index < -0.39 is 0 Å². The van der Waals surface area contributed by atoms with Gasteiger partial charge in [-0.05, 0) is 31.5 Å². The summed E-state index contributed by atoms with van der Waals surface area (Å²) < 4.78 is 0.725. The molecule has 1 aromatic heterocycles. The highest BCUT2D eigenvalue weighted by Gasteiger charge is 2.08. The van der Waals surface area contributed by atoms with Crippen molar-refractivity contribution in [1.82, 2.24) is 10.2 Å². The molecule has 0 spiro atoms. The number of nitrogens with zero attached hydrogens (tertiary/aromatic N) is 1. The van der Waals surface area contributed by atoms with E-state index >= 15 is 0 Å². The van der Waals surface area contributed by atoms with Crippen LogP contribution in [0.1, 0.15) is 33.6 Å². The molecular weight excluding hydrogens is 214 g/mol. The lowest BCUT2D eigenvalue weighted by Crippen LogP contribution is -2.18. The molecule has 0 saturated carbocycles. The third-order valence-electron chi connectivity index (χ3n) is 2.26. The Morgan fingerprint density at radius 1 is 1.57 bits per heavy atom. The van der Waals surface area contributed by atoms with Crippen molar-refractivity contribution in [2.24, 2.45) is 5.92 Å². The monoisotopic (exact) mass is 231 g/mol. The molecule has 0 aliphatic rings. The van der Waals surface area contributed by atoms with Crippen molar-refractivity contribution in [2.75, 3.05) is 5.32 Å². The first kappa shape index (κ1) is 11.7. The number of anilines is 1. The molecule has 0 aliphatic heterocycles. The Kier molecular flexibility index (Phi) is 4.54. The number of aromatic nitrogens is 2. The van der Waals surface area contributed by atoms with E-state index in [-0.39, 0.29) is 0 Å². The molecule has 0 aromatic carbocycles. The average Bonchev–Trinajstić information content (AvgIpc) is 2.50. The maximum atomic E-state index is 4.96. The van der Waals surface area contributed by atoms with Crippen LogP contribution < -0.4 is 5.32 Å². The highest BCUT2D eigenvalue weighted by atomic mass is 32.1. The van der Waals surface area contributed by atoms with Crippen LogP contribution in [0.4, 0.5) is 5.13 Å². The Morgan fingerprint density at radius 2 is 2.29 bits per heavy atom. The zero-order valence-electron chi connectivity index (χ0n) is 8.83. The predicted molar refractivity (Wildman–Crippen MR) is 64.5 cm³/mol. The van der Waals surface area contributed by atoms with Crippen molar-refractivity contribution < 1.29 is 0 Å². The zero-order chi connectivity index (χ0) is 10.6. The molecule has 2 N–H and O–H groups in total. The van der Waals surface area contributed by atoms with Crippen molar-refractivity contribution in [3.8, 4) is 0 Å². The fourth-order valence-corrected chi connectivity index (χ4v) is 2.23. The van der Waals surface area contributed by atoms with E-state index in [0.717, 1.165) is 15.0 Å². The molecule has 5 heteroatoms. The Morgan fingerprint density at radius 3 is 2.79 bits per heavy atom. The number of H-pyrrole nitrogens is 1. The number of rotatable bonds is 5. The van der Waals surface area contributed by atoms with Crippen LogP contribution in [0, 0.1) is 9.87 Å². The van der Waals surface area contributed by atoms with E-state index in [1.807, 2.05) is 0 Å². The first-order chi connectivity index (χ1) is 6.61. The van der Waals surface area contributed by atoms with Gasteiger partial charge in [-0.2, -0.15) is 0 Å². The van der Waals surface area contributed by atoms with Crippen molar-refractivity contribution >= 4 is 28.7 Å². The molecule has 0 aliphatic carbocycles. The van der Waals surface area contributed by atoms with Crippen LogP contribution in [0.25, 0.3) is 0 Å². The van der Waals surface area contributed by atoms with Gasteiger partial charge in [-0.1, -0.05) is 31.6 Å². The van der Waals surface area contributed by atoms with Crippen molar-refractivity contribution in [3.63, 3.8) is 0 Å². The second-order valence-corrected chi connectivity index (χ2v) is 5.38. The van der Waals surface area contributed by atoms with Crippen LogP contribution in [0.5, 0.6) is 0 Å². The minimum Gasteiger partial charge on any atom is -0.358 e. The first-order valence-electron chi connectivity index (χ1n) is 4.93. The average molecular weight is 231 g/mol. The fraction of sp³-hybridized carbons (Fsp3) is 0.778. The van der Waals surface area contributed by atoms with Gasteiger partial charge in [0.2, 0.25) is 5.13 Å². The predicted octanol–water partition coefficient (Wildman–Crippen LogP) is 3.44. The van der Waals surface area contributed by atoms with Crippen molar-refractivity contribution in [2.45, 2.75) is 39.7 Å². The summed E-state index contributed by atoms with van der Waals surface area (Å²) in [4.78, 5) is 0. The topological polar surface area (TPSA) is 40.7 Å². The van der Waals surface area contributed by atoms with Crippen LogP contribution in [0.2, 0.25) is 0 Å². The summed E-state index contributed by atoms with van der Waals surface area (Å²) in [7, 11) is 0. The largest absolute Gasteiger partial charge is 0.358 e. The third-order valence-corrected chi connectivity index (χ3v) is 3.28. The molecule has 2 atom stereocenters. The van der Waals surface area contributed by atoms with Crippen molar-refractivity contribution in [3.05, 3.63) is 3.95 Å². The number of nitrogens with one attached hydrogen (secondary N) is 2. The van der Waals surface area contributed by atoms with E-state index in [2.05, 4.69) is 36.3 Å². The maximum absolute atomic E-state index is 4.96. The van der Waals surface area contributed by atoms with Crippen LogP contribution in [-0.4, -0.2) is 16.2 Å². The lowest BCUT2D eigenvalue weighted by atomic mass is 10.0. The van der Waals surface area contributed by atoms with Gasteiger partial charge in [-0.25, -0.2) is 0 Å². The quantitative estimate of drug-likeness (QED) is 0.763. The summed E-state index contributed by atoms with van der Waals surface area (Å²) in [6, 6.07) is 0.457.